The number of unbranched alkanes of at least 4 members (excludes halogenated alkanes) is 2. The highest BCUT2D eigenvalue weighted by atomic mass is 16.7. The maximum Gasteiger partial charge on any atom is 0.331 e. The number of rotatable bonds is 15. The molecule has 0 aromatic heterocycles. The molecule has 0 radical (unpaired) electrons. The van der Waals surface area contributed by atoms with Crippen LogP contribution in [0.25, 0.3) is 11.1 Å². The van der Waals surface area contributed by atoms with Crippen LogP contribution in [0.1, 0.15) is 125 Å². The summed E-state index contributed by atoms with van der Waals surface area (Å²) in [4.78, 5) is 73.6. The normalized spacial score (nSPS) is 13.6. The molecule has 1 aliphatic carbocycles. The number of nitrogens with zero attached hydrogens (tertiary/aromatic N) is 2. The van der Waals surface area contributed by atoms with E-state index in [0.29, 0.717) is 47.9 Å². The van der Waals surface area contributed by atoms with E-state index < -0.39 is 17.9 Å². The van der Waals surface area contributed by atoms with Crippen molar-refractivity contribution in [2.45, 2.75) is 72.1 Å². The fourth-order valence-corrected chi connectivity index (χ4v) is 6.15. The van der Waals surface area contributed by atoms with E-state index in [4.69, 9.17) is 9.68 Å². The van der Waals surface area contributed by atoms with Crippen molar-refractivity contribution in [1.82, 2.24) is 0 Å². The third-order valence-electron chi connectivity index (χ3n) is 8.71. The van der Waals surface area contributed by atoms with Crippen LogP contribution in [0.3, 0.4) is 0 Å². The molecule has 9 heteroatoms. The molecule has 0 atom stereocenters. The van der Waals surface area contributed by atoms with Crippen LogP contribution < -0.4 is 0 Å². The highest BCUT2D eigenvalue weighted by Crippen LogP contribution is 2.49. The average molecular weight is 685 g/mol. The second kappa shape index (κ2) is 16.7. The molecule has 0 unspecified atom stereocenters. The van der Waals surface area contributed by atoms with Gasteiger partial charge in [0.25, 0.3) is 0 Å². The molecule has 0 bridgehead atoms. The maximum absolute atomic E-state index is 13.8. The summed E-state index contributed by atoms with van der Waals surface area (Å²) in [6, 6.07) is 27.3. The molecule has 9 nitrogen and oxygen atoms in total. The van der Waals surface area contributed by atoms with Gasteiger partial charge in [-0.05, 0) is 65.6 Å². The van der Waals surface area contributed by atoms with Gasteiger partial charge in [0.2, 0.25) is 11.6 Å². The molecular formula is C42H40N2O7. The van der Waals surface area contributed by atoms with E-state index in [1.54, 1.807) is 36.4 Å². The molecule has 0 heterocycles. The van der Waals surface area contributed by atoms with E-state index in [1.165, 1.54) is 13.8 Å². The topological polar surface area (TPSA) is 129 Å². The number of hydrogen-bond acceptors (Lipinski definition) is 9. The lowest BCUT2D eigenvalue weighted by Gasteiger charge is -2.17. The molecule has 0 spiro atoms. The summed E-state index contributed by atoms with van der Waals surface area (Å²) in [5.74, 6) is -2.42. The Labute approximate surface area is 297 Å². The lowest BCUT2D eigenvalue weighted by atomic mass is 9.86. The predicted octanol–water partition coefficient (Wildman–Crippen LogP) is 8.66. The number of carbonyl (C=O) groups excluding carboxylic acids is 5. The van der Waals surface area contributed by atoms with Crippen LogP contribution in [-0.2, 0) is 19.3 Å². The van der Waals surface area contributed by atoms with Gasteiger partial charge in [0, 0.05) is 42.0 Å². The third kappa shape index (κ3) is 8.49. The van der Waals surface area contributed by atoms with Crippen LogP contribution in [0, 0.1) is 0 Å². The van der Waals surface area contributed by atoms with E-state index in [0.717, 1.165) is 40.7 Å². The molecule has 4 aromatic rings. The first-order valence-corrected chi connectivity index (χ1v) is 17.2. The van der Waals surface area contributed by atoms with Crippen LogP contribution >= 0.6 is 0 Å². The Morgan fingerprint density at radius 2 is 1.00 bits per heavy atom. The molecule has 4 aromatic carbocycles. The molecular weight excluding hydrogens is 644 g/mol. The summed E-state index contributed by atoms with van der Waals surface area (Å²) in [5, 5.41) is 7.80. The number of Topliss-reactive ketones (excluding diaryl/α,β-unsaturated/α-hetero) is 2. The van der Waals surface area contributed by atoms with Crippen LogP contribution in [0.15, 0.2) is 101 Å². The first kappa shape index (κ1) is 36.5. The first-order chi connectivity index (χ1) is 24.6. The summed E-state index contributed by atoms with van der Waals surface area (Å²) < 4.78 is 0. The van der Waals surface area contributed by atoms with Crippen molar-refractivity contribution >= 4 is 40.7 Å². The van der Waals surface area contributed by atoms with Crippen molar-refractivity contribution < 1.29 is 33.6 Å². The summed E-state index contributed by atoms with van der Waals surface area (Å²) in [6.45, 7) is 6.46. The molecule has 0 N–H and O–H groups in total. The SMILES string of the molecule is CCCC/C(=N\OC(C)=O)C(=O)c1ccc2c(c1)C(c1ccc(C(=O)c3ccccc3)cc1)c1cc(C(=O)/C(CCCC)=N/OC(C)=O)ccc1-2. The molecule has 0 amide bonds. The van der Waals surface area contributed by atoms with Crippen molar-refractivity contribution in [3.63, 3.8) is 0 Å². The summed E-state index contributed by atoms with van der Waals surface area (Å²) in [5.41, 5.74) is 6.50. The molecule has 0 saturated heterocycles. The van der Waals surface area contributed by atoms with Gasteiger partial charge in [-0.25, -0.2) is 9.59 Å². The second-order valence-electron chi connectivity index (χ2n) is 12.5. The van der Waals surface area contributed by atoms with Gasteiger partial charge in [-0.1, -0.05) is 116 Å². The van der Waals surface area contributed by atoms with E-state index >= 15 is 0 Å². The van der Waals surface area contributed by atoms with Crippen molar-refractivity contribution in [2.24, 2.45) is 10.3 Å². The van der Waals surface area contributed by atoms with Crippen LogP contribution in [0.5, 0.6) is 0 Å². The Bertz CT molecular complexity index is 1930. The van der Waals surface area contributed by atoms with E-state index in [1.807, 2.05) is 68.4 Å². The highest BCUT2D eigenvalue weighted by Gasteiger charge is 2.33. The zero-order valence-electron chi connectivity index (χ0n) is 29.2. The Kier molecular flexibility index (Phi) is 11.9. The van der Waals surface area contributed by atoms with Gasteiger partial charge in [0.05, 0.1) is 0 Å². The Hall–Kier alpha value is -5.83. The average Bonchev–Trinajstić information content (AvgIpc) is 3.47. The molecule has 5 rings (SSSR count). The second-order valence-corrected chi connectivity index (χ2v) is 12.5. The summed E-state index contributed by atoms with van der Waals surface area (Å²) >= 11 is 0. The predicted molar refractivity (Wildman–Crippen MR) is 195 cm³/mol. The van der Waals surface area contributed by atoms with Crippen LogP contribution in [-0.4, -0.2) is 40.7 Å². The first-order valence-electron chi connectivity index (χ1n) is 17.2. The lowest BCUT2D eigenvalue weighted by Crippen LogP contribution is -2.16. The quantitative estimate of drug-likeness (QED) is 0.0467. The summed E-state index contributed by atoms with van der Waals surface area (Å²) in [7, 11) is 0. The van der Waals surface area contributed by atoms with Crippen molar-refractivity contribution in [3.8, 4) is 11.1 Å². The van der Waals surface area contributed by atoms with Gasteiger partial charge < -0.3 is 9.68 Å². The van der Waals surface area contributed by atoms with Gasteiger partial charge in [-0.2, -0.15) is 0 Å². The number of ketones is 3. The Morgan fingerprint density at radius 3 is 1.43 bits per heavy atom. The number of benzene rings is 4. The number of hydrogen-bond donors (Lipinski definition) is 0. The Balaban J connectivity index is 1.60. The van der Waals surface area contributed by atoms with Gasteiger partial charge in [0.15, 0.2) is 5.78 Å². The molecule has 260 valence electrons. The molecule has 51 heavy (non-hydrogen) atoms. The number of carbonyl (C=O) groups is 5. The minimum Gasteiger partial charge on any atom is -0.318 e. The Morgan fingerprint density at radius 1 is 0.569 bits per heavy atom. The number of oxime groups is 2. The molecule has 0 fully saturated rings. The molecule has 0 saturated carbocycles. The van der Waals surface area contributed by atoms with Crippen molar-refractivity contribution in [1.29, 1.82) is 0 Å². The maximum atomic E-state index is 13.8. The lowest BCUT2D eigenvalue weighted by molar-refractivity contribution is -0.141. The largest absolute Gasteiger partial charge is 0.331 e. The fraction of sp³-hybridized carbons (Fsp3) is 0.262. The fourth-order valence-electron chi connectivity index (χ4n) is 6.15. The zero-order valence-corrected chi connectivity index (χ0v) is 29.2. The van der Waals surface area contributed by atoms with Crippen LogP contribution in [0.2, 0.25) is 0 Å². The minimum absolute atomic E-state index is 0.103. The molecule has 1 aliphatic rings. The molecule has 0 aliphatic heterocycles. The van der Waals surface area contributed by atoms with E-state index in [9.17, 15) is 24.0 Å². The van der Waals surface area contributed by atoms with Gasteiger partial charge in [-0.15, -0.1) is 0 Å². The number of fused-ring (bicyclic) bond motifs is 3. The zero-order chi connectivity index (χ0) is 36.5. The van der Waals surface area contributed by atoms with Crippen LogP contribution in [0.4, 0.5) is 0 Å². The monoisotopic (exact) mass is 684 g/mol. The smallest absolute Gasteiger partial charge is 0.318 e. The van der Waals surface area contributed by atoms with Gasteiger partial charge in [0.1, 0.15) is 11.4 Å². The van der Waals surface area contributed by atoms with Crippen molar-refractivity contribution in [2.75, 3.05) is 0 Å². The van der Waals surface area contributed by atoms with E-state index in [-0.39, 0.29) is 28.8 Å². The van der Waals surface area contributed by atoms with Crippen molar-refractivity contribution in [3.05, 3.63) is 130 Å². The highest BCUT2D eigenvalue weighted by molar-refractivity contribution is 6.46. The minimum atomic E-state index is -0.614. The standard InChI is InChI=1S/C42H40N2O7/c1-5-7-14-37(43-50-26(3)45)41(48)31-20-22-33-34-23-21-32(42(49)38(15-8-6-2)44-51-27(4)46)25-36(34)39(35(33)24-31)28-16-18-30(19-17-28)40(47)29-12-10-9-11-13-29/h9-13,16-25,39H,5-8,14-15H2,1-4H3/b43-37+,44-38+. The van der Waals surface area contributed by atoms with E-state index in [2.05, 4.69) is 10.3 Å². The third-order valence-corrected chi connectivity index (χ3v) is 8.71. The van der Waals surface area contributed by atoms with Gasteiger partial charge in [-0.3, -0.25) is 14.4 Å². The van der Waals surface area contributed by atoms with Gasteiger partial charge >= 0.3 is 11.9 Å². The summed E-state index contributed by atoms with van der Waals surface area (Å²) in [6.07, 6.45) is 3.72.